The number of aliphatic hydroxyl groups excluding tert-OH is 4. The molecule has 0 spiro atoms. The molecule has 6 aromatic heterocycles. The number of carboxylic acid groups (broad SMARTS) is 1. The first kappa shape index (κ1) is 96.0. The summed E-state index contributed by atoms with van der Waals surface area (Å²) >= 11 is 22.8. The third-order valence-electron chi connectivity index (χ3n) is 15.7. The van der Waals surface area contributed by atoms with E-state index in [2.05, 4.69) is 85.3 Å². The normalized spacial score (nSPS) is 30.4. The zero-order chi connectivity index (χ0) is 88.8. The van der Waals surface area contributed by atoms with Crippen LogP contribution in [0.25, 0.3) is 33.1 Å². The minimum atomic E-state index is -6.21. The highest BCUT2D eigenvalue weighted by Crippen LogP contribution is 2.75. The molecule has 5 saturated heterocycles. The Labute approximate surface area is 689 Å². The highest BCUT2D eigenvalue weighted by molar-refractivity contribution is 7.77. The van der Waals surface area contributed by atoms with E-state index in [1.54, 1.807) is 24.3 Å². The number of hydrogen-bond donors (Lipinski definition) is 8. The van der Waals surface area contributed by atoms with Gasteiger partial charge in [-0.1, -0.05) is 42.0 Å². The fourth-order valence-electron chi connectivity index (χ4n) is 10.7. The Bertz CT molecular complexity index is 5790. The number of hydrogen-bond acceptors (Lipinski definition) is 46. The standard InChI is InChI=1S/C13H15ClFN4O12P3.C13H13ClFN4O10P3.C13H12ClFN4O3.C7H4ClO3P.C7H7O10P3/c1-2-13(5-28-33(24,25)31-34(26,27)30-32(21,22)23)7(20)3-8(29-13)19-4-6(15)9-10(16)17-12(14)18-11(9)19;1-2-13(5-25-30-27-31(21,22)29-32(23,24)28-30)7(20)3-8(26-13)19-4-6(15)9-10(16)17-12(14)18-11(9)19;1-2-13(5-20)7(21)3-8(22-13)19-4-6(15)9-10(16)17-12(14)18-11(9)19;8-12-10-6-4-2-1-3-5(6)7(9)11-12;8-7(9)5-3-1-2-4-6(5)14-18-15-19(10,11)17-20(12,13)16-18/h1,4,7-8,20H,3,5H2,(H,24,25)(H,26,27)(H2,16,17,18)(H2,21,22,23);1,4,7-8,20H,3,5H2,(H,21,22)(H,23,24)(H2,16,17,18);1,4,7-8,20-21H,3,5H2,(H2,16,17,18);1-4H;1-4H,(H,8,9)(H,10,11)(H,12,13)/p-8/t3*7-,8+,13+;;/m000../s1. The van der Waals surface area contributed by atoms with Gasteiger partial charge in [-0.3, -0.25) is 27.1 Å². The molecule has 5 fully saturated rings. The second kappa shape index (κ2) is 37.1. The first-order chi connectivity index (χ1) is 55.7. The molecule has 0 saturated carbocycles. The Morgan fingerprint density at radius 1 is 0.617 bits per heavy atom. The molecule has 6 aliphatic rings. The summed E-state index contributed by atoms with van der Waals surface area (Å²) in [5.41, 5.74) is 11.2. The smallest absolute Gasteiger partial charge is 0.486 e. The molecule has 2 aromatic carbocycles. The van der Waals surface area contributed by atoms with Gasteiger partial charge in [0.1, 0.15) is 71.5 Å². The number of ether oxygens (including phenoxy) is 3. The van der Waals surface area contributed by atoms with Crippen LogP contribution in [0.15, 0.2) is 67.1 Å². The number of aromatic nitrogens is 9. The minimum absolute atomic E-state index is 0.00435. The molecule has 0 radical (unpaired) electrons. The van der Waals surface area contributed by atoms with E-state index >= 15 is 0 Å². The van der Waals surface area contributed by atoms with Crippen molar-refractivity contribution in [3.8, 4) is 48.5 Å². The van der Waals surface area contributed by atoms with Crippen LogP contribution >= 0.6 is 126 Å². The molecule has 11 N–H and O–H groups in total. The lowest BCUT2D eigenvalue weighted by molar-refractivity contribution is -0.339. The maximum atomic E-state index is 14.4. The van der Waals surface area contributed by atoms with Crippen LogP contribution in [-0.2, 0) is 94.2 Å². The Hall–Kier alpha value is -6.23. The molecule has 67 heteroatoms. The number of nitrogens with two attached hydrogens (primary N) is 3. The van der Waals surface area contributed by atoms with Gasteiger partial charge in [0.2, 0.25) is 15.9 Å². The summed E-state index contributed by atoms with van der Waals surface area (Å²) in [5, 5.41) is 50.1. The highest BCUT2D eigenvalue weighted by atomic mass is 35.7. The molecule has 50 nitrogen and oxygen atoms in total. The Morgan fingerprint density at radius 3 is 1.45 bits per heavy atom. The van der Waals surface area contributed by atoms with E-state index in [9.17, 15) is 115 Å². The number of nitrogens with zero attached hydrogens (tertiary/aromatic N) is 9. The number of rotatable bonds is 17. The number of carboxylic acids is 1. The Kier molecular flexibility index (Phi) is 29.7. The molecule has 17 atom stereocenters. The van der Waals surface area contributed by atoms with Gasteiger partial charge in [0.05, 0.1) is 49.8 Å². The summed E-state index contributed by atoms with van der Waals surface area (Å²) in [6.07, 6.45) is 11.2. The van der Waals surface area contributed by atoms with Crippen molar-refractivity contribution < 1.29 is 191 Å². The van der Waals surface area contributed by atoms with Crippen LogP contribution in [0.5, 0.6) is 11.5 Å². The minimum Gasteiger partial charge on any atom is -0.790 e. The quantitative estimate of drug-likeness (QED) is 0.0368. The average Bonchev–Trinajstić information content (AvgIpc) is 1.60. The predicted octanol–water partition coefficient (Wildman–Crippen LogP) is 2.41. The monoisotopic (exact) mass is 1960 g/mol. The second-order valence-corrected chi connectivity index (χ2v) is 39.2. The van der Waals surface area contributed by atoms with Crippen LogP contribution in [0.3, 0.4) is 0 Å². The van der Waals surface area contributed by atoms with Crippen LogP contribution in [0.4, 0.5) is 30.6 Å². The molecule has 6 aliphatic heterocycles. The molecule has 0 bridgehead atoms. The van der Waals surface area contributed by atoms with Crippen LogP contribution in [0.2, 0.25) is 15.9 Å². The molecule has 8 unspecified atom stereocenters. The van der Waals surface area contributed by atoms with Gasteiger partial charge in [0.25, 0.3) is 39.1 Å². The van der Waals surface area contributed by atoms with Gasteiger partial charge < -0.3 is 142 Å². The van der Waals surface area contributed by atoms with Crippen molar-refractivity contribution in [1.29, 1.82) is 0 Å². The van der Waals surface area contributed by atoms with Crippen LogP contribution in [0, 0.1) is 54.5 Å². The van der Waals surface area contributed by atoms with E-state index < -0.39 is 188 Å². The molecule has 8 aromatic rings. The Balaban J connectivity index is 0.000000163. The number of halogens is 7. The van der Waals surface area contributed by atoms with E-state index in [0.717, 1.165) is 35.3 Å². The SMILES string of the molecule is C#C[C@]1(CO)O[C@@H](n2cc(F)c3c(N)nc(Cl)nc32)C[C@@H]1O.C#C[C@]1(COP(=O)([O-])OP(=O)([O-])OP(=O)([O-])[O-])O[C@@H](n2cc(F)c3c(N)nc(Cl)nc32)C[C@@H]1O.C#C[C@]1(COP2OP(=O)([O-])OP(=O)([O-])O2)O[C@@H](n2cc(F)c3c(N)nc(Cl)nc32)C[C@@H]1O.O=C([O-])c1ccccc1OP1OP(=O)([O-])OP(=O)(O)O1.O=C1OP(Cl)Oc2ccccc21. The van der Waals surface area contributed by atoms with Crippen molar-refractivity contribution in [2.75, 3.05) is 37.0 Å². The summed E-state index contributed by atoms with van der Waals surface area (Å²) in [5.74, 6) is 1.56. The van der Waals surface area contributed by atoms with Gasteiger partial charge in [0, 0.05) is 43.4 Å². The van der Waals surface area contributed by atoms with Gasteiger partial charge in [-0.25, -0.2) is 67.7 Å². The fourth-order valence-corrected chi connectivity index (χ4v) is 23.3. The van der Waals surface area contributed by atoms with E-state index in [1.807, 2.05) is 5.92 Å². The van der Waals surface area contributed by atoms with Crippen LogP contribution in [0.1, 0.15) is 58.7 Å². The van der Waals surface area contributed by atoms with Crippen molar-refractivity contribution in [3.05, 3.63) is 112 Å². The number of nitrogen functional groups attached to an aromatic ring is 3. The van der Waals surface area contributed by atoms with Crippen molar-refractivity contribution in [3.63, 3.8) is 0 Å². The number of terminal acetylenes is 3. The van der Waals surface area contributed by atoms with Gasteiger partial charge in [-0.05, 0) is 70.3 Å². The maximum Gasteiger partial charge on any atom is 0.486 e. The van der Waals surface area contributed by atoms with E-state index in [1.165, 1.54) is 21.3 Å². The number of carbonyl (C=O) groups excluding carboxylic acids is 2. The molecule has 0 amide bonds. The zero-order valence-corrected chi connectivity index (χ0v) is 69.8. The van der Waals surface area contributed by atoms with Gasteiger partial charge in [-0.15, -0.1) is 19.3 Å². The molecular weight excluding hydrogens is 1920 g/mol. The lowest BCUT2D eigenvalue weighted by Gasteiger charge is -2.38. The number of benzene rings is 2. The highest BCUT2D eigenvalue weighted by Gasteiger charge is 2.53. The van der Waals surface area contributed by atoms with Gasteiger partial charge in [0.15, 0.2) is 51.2 Å². The number of phosphoric acid groups is 7. The molecule has 14 rings (SSSR count). The predicted molar refractivity (Wildman–Crippen MR) is 381 cm³/mol. The number of para-hydroxylation sites is 2. The molecule has 650 valence electrons. The number of anilines is 3. The molecule has 120 heavy (non-hydrogen) atoms. The zero-order valence-electron chi connectivity index (χ0n) is 57.9. The number of phosphoric ester groups is 1. The summed E-state index contributed by atoms with van der Waals surface area (Å²) in [7, 11) is -46.3. The number of aliphatic hydroxyl groups is 4. The van der Waals surface area contributed by atoms with E-state index in [-0.39, 0.29) is 91.4 Å². The fraction of sp³-hybridized carbons (Fsp3) is 0.283. The average molecular weight is 1960 g/mol. The molecule has 0 aliphatic carbocycles. The molecule has 12 heterocycles. The first-order valence-corrected chi connectivity index (χ1v) is 46.8. The second-order valence-electron chi connectivity index (χ2n) is 23.5. The van der Waals surface area contributed by atoms with Gasteiger partial charge in [-0.2, -0.15) is 15.0 Å². The van der Waals surface area contributed by atoms with E-state index in [4.69, 9.17) is 115 Å². The third-order valence-corrected chi connectivity index (χ3v) is 30.2. The van der Waals surface area contributed by atoms with Crippen molar-refractivity contribution in [2.45, 2.75) is 73.1 Å². The van der Waals surface area contributed by atoms with Gasteiger partial charge >= 0.3 is 38.7 Å². The maximum absolute atomic E-state index is 14.4. The number of carbonyl (C=O) groups is 2. The van der Waals surface area contributed by atoms with Crippen molar-refractivity contribution >= 4 is 188 Å². The number of fused-ring (bicyclic) bond motifs is 4. The summed E-state index contributed by atoms with van der Waals surface area (Å²) in [4.78, 5) is 131. The number of aromatic carboxylic acids is 1. The lowest BCUT2D eigenvalue weighted by atomic mass is 9.99. The van der Waals surface area contributed by atoms with Crippen molar-refractivity contribution in [1.82, 2.24) is 43.6 Å². The summed E-state index contributed by atoms with van der Waals surface area (Å²) in [6, 6.07) is 11.9. The first-order valence-electron chi connectivity index (χ1n) is 31.1. The Morgan fingerprint density at radius 2 is 1.02 bits per heavy atom. The van der Waals surface area contributed by atoms with Crippen LogP contribution in [-0.4, -0.2) is 136 Å². The summed E-state index contributed by atoms with van der Waals surface area (Å²) < 4.78 is 196. The van der Waals surface area contributed by atoms with Crippen molar-refractivity contribution in [2.24, 2.45) is 0 Å². The van der Waals surface area contributed by atoms with E-state index in [0.29, 0.717) is 11.3 Å². The van der Waals surface area contributed by atoms with Crippen LogP contribution < -0.4 is 65.6 Å². The largest absolute Gasteiger partial charge is 0.790 e. The summed E-state index contributed by atoms with van der Waals surface area (Å²) in [6.45, 7) is -2.58. The third kappa shape index (κ3) is 22.7. The lowest BCUT2D eigenvalue weighted by Crippen LogP contribution is -2.42. The molecular formula is C53H43Cl4F3N12O38P10-8. The topological polar surface area (TPSA) is 757 Å².